The monoisotopic (exact) mass is 242 g/mol. The van der Waals surface area contributed by atoms with Crippen molar-refractivity contribution in [2.24, 2.45) is 0 Å². The fourth-order valence-electron chi connectivity index (χ4n) is 2.22. The Labute approximate surface area is 105 Å². The van der Waals surface area contributed by atoms with Crippen LogP contribution in [0.25, 0.3) is 11.0 Å². The van der Waals surface area contributed by atoms with E-state index in [1.54, 1.807) is 6.07 Å². The number of allylic oxidation sites excluding steroid dienone is 1. The molecular formula is C15H14O3. The number of fused-ring (bicyclic) bond motifs is 1. The maximum absolute atomic E-state index is 11.5. The smallest absolute Gasteiger partial charge is 0.339 e. The molecule has 1 aromatic heterocycles. The Balaban J connectivity index is 2.02. The summed E-state index contributed by atoms with van der Waals surface area (Å²) in [7, 11) is 0. The molecule has 1 unspecified atom stereocenters. The van der Waals surface area contributed by atoms with Crippen LogP contribution in [0.1, 0.15) is 19.3 Å². The second-order valence-corrected chi connectivity index (χ2v) is 4.44. The van der Waals surface area contributed by atoms with Gasteiger partial charge in [-0.2, -0.15) is 0 Å². The second-order valence-electron chi connectivity index (χ2n) is 4.44. The molecule has 3 nitrogen and oxygen atoms in total. The second kappa shape index (κ2) is 4.69. The molecule has 0 bridgehead atoms. The lowest BCUT2D eigenvalue weighted by Gasteiger charge is -2.19. The van der Waals surface area contributed by atoms with Gasteiger partial charge in [0.05, 0.1) is 11.5 Å². The van der Waals surface area contributed by atoms with Gasteiger partial charge in [0.15, 0.2) is 0 Å². The van der Waals surface area contributed by atoms with Crippen LogP contribution in [0.3, 0.4) is 0 Å². The van der Waals surface area contributed by atoms with Crippen molar-refractivity contribution in [1.29, 1.82) is 0 Å². The van der Waals surface area contributed by atoms with E-state index in [-0.39, 0.29) is 11.7 Å². The Morgan fingerprint density at radius 3 is 3.00 bits per heavy atom. The SMILES string of the molecule is O=c1cc(OC2C=CCCC2)c2ccccc2o1. The predicted octanol–water partition coefficient (Wildman–Crippen LogP) is 3.28. The van der Waals surface area contributed by atoms with Crippen LogP contribution in [0, 0.1) is 0 Å². The van der Waals surface area contributed by atoms with E-state index in [0.29, 0.717) is 11.3 Å². The summed E-state index contributed by atoms with van der Waals surface area (Å²) in [6, 6.07) is 8.85. The van der Waals surface area contributed by atoms with E-state index in [4.69, 9.17) is 9.15 Å². The molecule has 1 heterocycles. The average Bonchev–Trinajstić information content (AvgIpc) is 2.40. The van der Waals surface area contributed by atoms with Gasteiger partial charge < -0.3 is 9.15 Å². The molecule has 3 heteroatoms. The first-order valence-corrected chi connectivity index (χ1v) is 6.19. The molecular weight excluding hydrogens is 228 g/mol. The molecule has 0 amide bonds. The normalized spacial score (nSPS) is 19.0. The number of hydrogen-bond acceptors (Lipinski definition) is 3. The minimum atomic E-state index is -0.372. The number of ether oxygens (including phenoxy) is 1. The molecule has 1 aliphatic rings. The summed E-state index contributed by atoms with van der Waals surface area (Å²) in [4.78, 5) is 11.5. The number of rotatable bonds is 2. The van der Waals surface area contributed by atoms with Crippen molar-refractivity contribution in [2.75, 3.05) is 0 Å². The summed E-state index contributed by atoms with van der Waals surface area (Å²) in [5, 5.41) is 0.844. The Bertz CT molecular complexity index is 639. The van der Waals surface area contributed by atoms with E-state index in [2.05, 4.69) is 12.2 Å². The van der Waals surface area contributed by atoms with Gasteiger partial charge in [-0.15, -0.1) is 0 Å². The summed E-state index contributed by atoms with van der Waals surface area (Å²) < 4.78 is 11.0. The molecule has 3 rings (SSSR count). The van der Waals surface area contributed by atoms with Gasteiger partial charge in [0.25, 0.3) is 0 Å². The van der Waals surface area contributed by atoms with Gasteiger partial charge in [0.1, 0.15) is 17.4 Å². The van der Waals surface area contributed by atoms with E-state index < -0.39 is 0 Å². The third-order valence-electron chi connectivity index (χ3n) is 3.10. The first-order chi connectivity index (χ1) is 8.83. The Morgan fingerprint density at radius 1 is 1.28 bits per heavy atom. The van der Waals surface area contributed by atoms with Crippen LogP contribution in [0.5, 0.6) is 5.75 Å². The lowest BCUT2D eigenvalue weighted by molar-refractivity contribution is 0.231. The Kier molecular flexibility index (Phi) is 2.89. The predicted molar refractivity (Wildman–Crippen MR) is 69.9 cm³/mol. The molecule has 1 aromatic carbocycles. The minimum absolute atomic E-state index is 0.0592. The minimum Gasteiger partial charge on any atom is -0.485 e. The Morgan fingerprint density at radius 2 is 2.17 bits per heavy atom. The molecule has 1 atom stereocenters. The summed E-state index contributed by atoms with van der Waals surface area (Å²) in [6.45, 7) is 0. The number of benzene rings is 1. The summed E-state index contributed by atoms with van der Waals surface area (Å²) in [6.07, 6.45) is 7.47. The van der Waals surface area contributed by atoms with Crippen molar-refractivity contribution in [3.63, 3.8) is 0 Å². The molecule has 2 aromatic rings. The van der Waals surface area contributed by atoms with Crippen molar-refractivity contribution in [3.8, 4) is 5.75 Å². The molecule has 0 fully saturated rings. The standard InChI is InChI=1S/C15H14O3/c16-15-10-14(17-11-6-2-1-3-7-11)12-8-4-5-9-13(12)18-15/h2,4-6,8-11H,1,3,7H2. The van der Waals surface area contributed by atoms with Crippen LogP contribution in [-0.2, 0) is 0 Å². The van der Waals surface area contributed by atoms with E-state index in [9.17, 15) is 4.79 Å². The molecule has 0 aliphatic heterocycles. The third-order valence-corrected chi connectivity index (χ3v) is 3.10. The van der Waals surface area contributed by atoms with Crippen molar-refractivity contribution in [1.82, 2.24) is 0 Å². The first-order valence-electron chi connectivity index (χ1n) is 6.19. The van der Waals surface area contributed by atoms with Gasteiger partial charge in [0.2, 0.25) is 0 Å². The molecule has 0 N–H and O–H groups in total. The van der Waals surface area contributed by atoms with Crippen molar-refractivity contribution < 1.29 is 9.15 Å². The number of hydrogen-bond donors (Lipinski definition) is 0. The van der Waals surface area contributed by atoms with Crippen LogP contribution < -0.4 is 10.4 Å². The van der Waals surface area contributed by atoms with Crippen LogP contribution in [0.4, 0.5) is 0 Å². The van der Waals surface area contributed by atoms with Gasteiger partial charge in [0, 0.05) is 0 Å². The highest BCUT2D eigenvalue weighted by atomic mass is 16.5. The van der Waals surface area contributed by atoms with Gasteiger partial charge in [-0.25, -0.2) is 4.79 Å². The highest BCUT2D eigenvalue weighted by Crippen LogP contribution is 2.26. The summed E-state index contributed by atoms with van der Waals surface area (Å²) in [5.41, 5.74) is 0.197. The molecule has 0 spiro atoms. The molecule has 0 radical (unpaired) electrons. The molecule has 0 saturated carbocycles. The van der Waals surface area contributed by atoms with Crippen molar-refractivity contribution in [2.45, 2.75) is 25.4 Å². The van der Waals surface area contributed by atoms with Gasteiger partial charge in [-0.3, -0.25) is 0 Å². The maximum atomic E-state index is 11.5. The zero-order chi connectivity index (χ0) is 12.4. The van der Waals surface area contributed by atoms with Crippen LogP contribution in [0.15, 0.2) is 51.7 Å². The summed E-state index contributed by atoms with van der Waals surface area (Å²) in [5.74, 6) is 0.610. The molecule has 0 saturated heterocycles. The number of para-hydroxylation sites is 1. The lowest BCUT2D eigenvalue weighted by atomic mass is 10.1. The third kappa shape index (κ3) is 2.16. The average molecular weight is 242 g/mol. The fraction of sp³-hybridized carbons (Fsp3) is 0.267. The van der Waals surface area contributed by atoms with Gasteiger partial charge >= 0.3 is 5.63 Å². The molecule has 1 aliphatic carbocycles. The Hall–Kier alpha value is -2.03. The van der Waals surface area contributed by atoms with Crippen molar-refractivity contribution in [3.05, 3.63) is 52.9 Å². The van der Waals surface area contributed by atoms with Crippen LogP contribution in [0.2, 0.25) is 0 Å². The summed E-state index contributed by atoms with van der Waals surface area (Å²) >= 11 is 0. The highest BCUT2D eigenvalue weighted by molar-refractivity contribution is 5.82. The van der Waals surface area contributed by atoms with E-state index in [1.165, 1.54) is 6.07 Å². The van der Waals surface area contributed by atoms with Crippen LogP contribution >= 0.6 is 0 Å². The van der Waals surface area contributed by atoms with Gasteiger partial charge in [-0.1, -0.05) is 18.2 Å². The van der Waals surface area contributed by atoms with E-state index in [0.717, 1.165) is 24.6 Å². The molecule has 92 valence electrons. The topological polar surface area (TPSA) is 39.4 Å². The van der Waals surface area contributed by atoms with E-state index in [1.807, 2.05) is 18.2 Å². The zero-order valence-electron chi connectivity index (χ0n) is 9.96. The fourth-order valence-corrected chi connectivity index (χ4v) is 2.22. The highest BCUT2D eigenvalue weighted by Gasteiger charge is 2.13. The zero-order valence-corrected chi connectivity index (χ0v) is 9.96. The van der Waals surface area contributed by atoms with Crippen LogP contribution in [-0.4, -0.2) is 6.10 Å². The lowest BCUT2D eigenvalue weighted by Crippen LogP contribution is -2.16. The van der Waals surface area contributed by atoms with Crippen molar-refractivity contribution >= 4 is 11.0 Å². The maximum Gasteiger partial charge on any atom is 0.339 e. The largest absolute Gasteiger partial charge is 0.485 e. The molecule has 18 heavy (non-hydrogen) atoms. The van der Waals surface area contributed by atoms with E-state index >= 15 is 0 Å². The first kappa shape index (κ1) is 11.1. The quantitative estimate of drug-likeness (QED) is 0.599. The van der Waals surface area contributed by atoms with Gasteiger partial charge in [-0.05, 0) is 37.5 Å².